The van der Waals surface area contributed by atoms with E-state index in [1.807, 2.05) is 19.2 Å². The predicted molar refractivity (Wildman–Crippen MR) is 45.5 cm³/mol. The number of carbonyl (C=O) groups is 1. The molecule has 0 saturated carbocycles. The van der Waals surface area contributed by atoms with Crippen molar-refractivity contribution in [3.8, 4) is 0 Å². The zero-order valence-corrected chi connectivity index (χ0v) is 7.37. The van der Waals surface area contributed by atoms with Crippen molar-refractivity contribution in [2.24, 2.45) is 0 Å². The first-order valence-corrected chi connectivity index (χ1v) is 3.92. The molecule has 0 aromatic carbocycles. The van der Waals surface area contributed by atoms with E-state index in [1.165, 1.54) is 0 Å². The monoisotopic (exact) mass is 165 g/mol. The maximum atomic E-state index is 10.9. The van der Waals surface area contributed by atoms with E-state index in [0.29, 0.717) is 6.54 Å². The number of rotatable bonds is 2. The molecule has 3 heteroatoms. The molecule has 0 bridgehead atoms. The number of aromatic nitrogens is 1. The van der Waals surface area contributed by atoms with Gasteiger partial charge < -0.3 is 0 Å². The standard InChI is InChI=1S/C9H12N2O/c1-8(12)11(2)7-9-4-3-5-10-6-9/h3-6H,7H2,1-2H3/p+1. The van der Waals surface area contributed by atoms with E-state index in [-0.39, 0.29) is 5.91 Å². The number of pyridine rings is 1. The van der Waals surface area contributed by atoms with Gasteiger partial charge in [-0.2, -0.15) is 0 Å². The highest BCUT2D eigenvalue weighted by atomic mass is 16.2. The molecule has 0 spiro atoms. The summed E-state index contributed by atoms with van der Waals surface area (Å²) in [5.74, 6) is 0.152. The van der Waals surface area contributed by atoms with E-state index in [2.05, 4.69) is 4.98 Å². The van der Waals surface area contributed by atoms with Gasteiger partial charge in [0.25, 0.3) is 0 Å². The highest BCUT2D eigenvalue weighted by Crippen LogP contribution is 1.91. The molecule has 64 valence electrons. The highest BCUT2D eigenvalue weighted by molar-refractivity contribution is 5.62. The number of nitrogens with one attached hydrogen (secondary N) is 1. The van der Waals surface area contributed by atoms with Gasteiger partial charge in [-0.15, -0.1) is 0 Å². The largest absolute Gasteiger partial charge is 0.309 e. The number of quaternary nitrogens is 1. The summed E-state index contributed by atoms with van der Waals surface area (Å²) < 4.78 is 0. The Morgan fingerprint density at radius 2 is 2.42 bits per heavy atom. The van der Waals surface area contributed by atoms with Crippen molar-refractivity contribution in [2.45, 2.75) is 13.5 Å². The number of hydrogen-bond acceptors (Lipinski definition) is 2. The Hall–Kier alpha value is -1.22. The van der Waals surface area contributed by atoms with Gasteiger partial charge in [0.15, 0.2) is 0 Å². The van der Waals surface area contributed by atoms with Crippen LogP contribution in [0.1, 0.15) is 12.5 Å². The number of amides is 1. The van der Waals surface area contributed by atoms with E-state index in [0.717, 1.165) is 10.5 Å². The van der Waals surface area contributed by atoms with Gasteiger partial charge in [0.2, 0.25) is 0 Å². The third-order valence-corrected chi connectivity index (χ3v) is 1.79. The molecule has 1 aromatic heterocycles. The third-order valence-electron chi connectivity index (χ3n) is 1.79. The summed E-state index contributed by atoms with van der Waals surface area (Å²) in [4.78, 5) is 15.7. The summed E-state index contributed by atoms with van der Waals surface area (Å²) in [5.41, 5.74) is 1.09. The quantitative estimate of drug-likeness (QED) is 0.649. The van der Waals surface area contributed by atoms with E-state index >= 15 is 0 Å². The van der Waals surface area contributed by atoms with Gasteiger partial charge in [0.05, 0.1) is 14.0 Å². The first-order chi connectivity index (χ1) is 5.70. The molecular formula is C9H13N2O+. The summed E-state index contributed by atoms with van der Waals surface area (Å²) in [6.45, 7) is 2.30. The van der Waals surface area contributed by atoms with Crippen molar-refractivity contribution in [1.29, 1.82) is 0 Å². The average molecular weight is 165 g/mol. The van der Waals surface area contributed by atoms with Crippen molar-refractivity contribution in [2.75, 3.05) is 7.05 Å². The molecule has 0 radical (unpaired) electrons. The van der Waals surface area contributed by atoms with Crippen LogP contribution < -0.4 is 4.90 Å². The Kier molecular flexibility index (Phi) is 2.94. The van der Waals surface area contributed by atoms with E-state index in [9.17, 15) is 4.79 Å². The number of hydrogen-bond donors (Lipinski definition) is 1. The fourth-order valence-corrected chi connectivity index (χ4v) is 0.933. The Balaban J connectivity index is 2.58. The lowest BCUT2D eigenvalue weighted by Crippen LogP contribution is -3.09. The molecule has 12 heavy (non-hydrogen) atoms. The summed E-state index contributed by atoms with van der Waals surface area (Å²) in [6.07, 6.45) is 3.51. The van der Waals surface area contributed by atoms with Gasteiger partial charge in [-0.1, -0.05) is 6.07 Å². The van der Waals surface area contributed by atoms with Crippen LogP contribution >= 0.6 is 0 Å². The third kappa shape index (κ3) is 2.43. The average Bonchev–Trinajstić information content (AvgIpc) is 2.06. The van der Waals surface area contributed by atoms with Gasteiger partial charge in [0, 0.05) is 18.0 Å². The molecule has 1 rings (SSSR count). The second-order valence-corrected chi connectivity index (χ2v) is 2.87. The van der Waals surface area contributed by atoms with Crippen molar-refractivity contribution in [3.05, 3.63) is 30.1 Å². The maximum Gasteiger partial charge on any atom is 0.309 e. The summed E-state index contributed by atoms with van der Waals surface area (Å²) in [5, 5.41) is 0. The van der Waals surface area contributed by atoms with E-state index in [1.54, 1.807) is 19.3 Å². The van der Waals surface area contributed by atoms with Crippen LogP contribution in [-0.4, -0.2) is 17.9 Å². The Morgan fingerprint density at radius 1 is 1.67 bits per heavy atom. The van der Waals surface area contributed by atoms with E-state index < -0.39 is 0 Å². The predicted octanol–water partition coefficient (Wildman–Crippen LogP) is -0.357. The topological polar surface area (TPSA) is 34.4 Å². The first-order valence-electron chi connectivity index (χ1n) is 3.92. The smallest absolute Gasteiger partial charge is 0.271 e. The lowest BCUT2D eigenvalue weighted by Gasteiger charge is -2.07. The molecule has 1 amide bonds. The molecule has 1 aromatic rings. The lowest BCUT2D eigenvalue weighted by molar-refractivity contribution is -0.812. The van der Waals surface area contributed by atoms with Crippen LogP contribution in [-0.2, 0) is 11.3 Å². The van der Waals surface area contributed by atoms with Crippen LogP contribution in [0.25, 0.3) is 0 Å². The molecule has 0 saturated heterocycles. The normalized spacial score (nSPS) is 12.5. The maximum absolute atomic E-state index is 10.9. The number of carbonyl (C=O) groups excluding carboxylic acids is 1. The minimum absolute atomic E-state index is 0.152. The minimum atomic E-state index is 0.152. The van der Waals surface area contributed by atoms with Crippen LogP contribution in [0.3, 0.4) is 0 Å². The van der Waals surface area contributed by atoms with Crippen LogP contribution in [0.4, 0.5) is 0 Å². The van der Waals surface area contributed by atoms with Crippen LogP contribution in [0.15, 0.2) is 24.5 Å². The van der Waals surface area contributed by atoms with Gasteiger partial charge >= 0.3 is 5.91 Å². The molecule has 1 heterocycles. The van der Waals surface area contributed by atoms with Gasteiger partial charge in [-0.3, -0.25) is 9.88 Å². The molecule has 3 nitrogen and oxygen atoms in total. The molecule has 0 aliphatic heterocycles. The first kappa shape index (κ1) is 8.87. The summed E-state index contributed by atoms with van der Waals surface area (Å²) in [6, 6.07) is 3.85. The zero-order chi connectivity index (χ0) is 8.97. The lowest BCUT2D eigenvalue weighted by atomic mass is 10.3. The van der Waals surface area contributed by atoms with Crippen molar-refractivity contribution in [3.63, 3.8) is 0 Å². The second-order valence-electron chi connectivity index (χ2n) is 2.87. The van der Waals surface area contributed by atoms with Gasteiger partial charge in [0.1, 0.15) is 6.54 Å². The van der Waals surface area contributed by atoms with Crippen molar-refractivity contribution < 1.29 is 9.69 Å². The molecule has 0 aliphatic rings. The van der Waals surface area contributed by atoms with E-state index in [4.69, 9.17) is 0 Å². The van der Waals surface area contributed by atoms with Crippen LogP contribution in [0, 0.1) is 0 Å². The fourth-order valence-electron chi connectivity index (χ4n) is 0.933. The molecule has 0 fully saturated rings. The van der Waals surface area contributed by atoms with Gasteiger partial charge in [-0.05, 0) is 6.07 Å². The van der Waals surface area contributed by atoms with Crippen molar-refractivity contribution >= 4 is 5.91 Å². The second kappa shape index (κ2) is 3.97. The minimum Gasteiger partial charge on any atom is -0.271 e. The SMILES string of the molecule is CC(=O)[NH+](C)Cc1cccnc1. The summed E-state index contributed by atoms with van der Waals surface area (Å²) >= 11 is 0. The molecular weight excluding hydrogens is 152 g/mol. The molecule has 1 N–H and O–H groups in total. The highest BCUT2D eigenvalue weighted by Gasteiger charge is 2.07. The fraction of sp³-hybridized carbons (Fsp3) is 0.333. The summed E-state index contributed by atoms with van der Waals surface area (Å²) in [7, 11) is 1.86. The number of nitrogens with zero attached hydrogens (tertiary/aromatic N) is 1. The van der Waals surface area contributed by atoms with Gasteiger partial charge in [-0.25, -0.2) is 4.79 Å². The Morgan fingerprint density at radius 3 is 2.92 bits per heavy atom. The molecule has 0 aliphatic carbocycles. The van der Waals surface area contributed by atoms with Crippen LogP contribution in [0.2, 0.25) is 0 Å². The Labute approximate surface area is 72.0 Å². The zero-order valence-electron chi connectivity index (χ0n) is 7.37. The van der Waals surface area contributed by atoms with Crippen LogP contribution in [0.5, 0.6) is 0 Å². The molecule has 1 atom stereocenters. The van der Waals surface area contributed by atoms with Crippen molar-refractivity contribution in [1.82, 2.24) is 4.98 Å². The molecule has 1 unspecified atom stereocenters. The Bertz CT molecular complexity index is 258.